The molecule has 1 N–H and O–H groups in total. The summed E-state index contributed by atoms with van der Waals surface area (Å²) in [6.07, 6.45) is 0.488. The lowest BCUT2D eigenvalue weighted by Crippen LogP contribution is -2.50. The Hall–Kier alpha value is -4.06. The van der Waals surface area contributed by atoms with Crippen molar-refractivity contribution in [2.75, 3.05) is 34.0 Å². The van der Waals surface area contributed by atoms with Crippen LogP contribution in [0.4, 0.5) is 4.39 Å². The van der Waals surface area contributed by atoms with Gasteiger partial charge in [-0.2, -0.15) is 4.80 Å². The van der Waals surface area contributed by atoms with E-state index in [-0.39, 0.29) is 24.8 Å². The van der Waals surface area contributed by atoms with Crippen LogP contribution in [0.25, 0.3) is 11.4 Å². The lowest BCUT2D eigenvalue weighted by Gasteiger charge is -2.33. The van der Waals surface area contributed by atoms with Gasteiger partial charge in [0.2, 0.25) is 17.6 Å². The highest BCUT2D eigenvalue weighted by Crippen LogP contribution is 2.31. The number of carbonyl (C=O) groups excluding carboxylic acids is 2. The molecule has 2 aromatic carbocycles. The summed E-state index contributed by atoms with van der Waals surface area (Å²) in [5, 5.41) is 15.5. The Morgan fingerprint density at radius 2 is 1.77 bits per heavy atom. The van der Waals surface area contributed by atoms with Crippen molar-refractivity contribution in [1.82, 2.24) is 30.4 Å². The number of hydrogen-bond acceptors (Lipinski definition) is 8. The third-order valence-corrected chi connectivity index (χ3v) is 5.83. The number of ether oxygens (including phenoxy) is 3. The summed E-state index contributed by atoms with van der Waals surface area (Å²) < 4.78 is 29.8. The first kappa shape index (κ1) is 30.5. The molecule has 0 aliphatic heterocycles. The summed E-state index contributed by atoms with van der Waals surface area (Å²) in [5.41, 5.74) is 0.543. The molecule has 216 valence electrons. The van der Waals surface area contributed by atoms with Gasteiger partial charge in [-0.1, -0.05) is 12.1 Å². The number of carbonyl (C=O) groups is 2. The van der Waals surface area contributed by atoms with Crippen LogP contribution in [0.15, 0.2) is 42.5 Å². The maximum Gasteiger partial charge on any atom is 0.247 e. The SMILES string of the molecule is CCOCCCN(C(=O)Cn1nnc(-c2ccc(OC)c(OC)c2)n1)C(C(=O)NC(C)(C)C)c1ccc(F)cc1. The number of hydrogen-bond donors (Lipinski definition) is 1. The molecule has 0 spiro atoms. The van der Waals surface area contributed by atoms with Gasteiger partial charge in [0.05, 0.1) is 14.2 Å². The molecular weight excluding hydrogens is 519 g/mol. The third kappa shape index (κ3) is 8.22. The summed E-state index contributed by atoms with van der Waals surface area (Å²) >= 11 is 0. The molecule has 11 nitrogen and oxygen atoms in total. The average molecular weight is 557 g/mol. The molecule has 0 aliphatic rings. The first-order valence-electron chi connectivity index (χ1n) is 13.0. The zero-order valence-corrected chi connectivity index (χ0v) is 23.8. The minimum atomic E-state index is -1.01. The van der Waals surface area contributed by atoms with Crippen molar-refractivity contribution >= 4 is 11.8 Å². The first-order chi connectivity index (χ1) is 19.1. The summed E-state index contributed by atoms with van der Waals surface area (Å²) in [7, 11) is 3.07. The predicted molar refractivity (Wildman–Crippen MR) is 146 cm³/mol. The van der Waals surface area contributed by atoms with E-state index in [9.17, 15) is 14.0 Å². The number of aromatic nitrogens is 4. The van der Waals surface area contributed by atoms with Crippen molar-refractivity contribution in [3.63, 3.8) is 0 Å². The second-order valence-corrected chi connectivity index (χ2v) is 10.0. The second-order valence-electron chi connectivity index (χ2n) is 10.0. The molecule has 0 fully saturated rings. The first-order valence-corrected chi connectivity index (χ1v) is 13.0. The van der Waals surface area contributed by atoms with Gasteiger partial charge in [-0.05, 0) is 75.2 Å². The molecule has 1 atom stereocenters. The molecule has 0 radical (unpaired) electrons. The van der Waals surface area contributed by atoms with Crippen molar-refractivity contribution in [2.24, 2.45) is 0 Å². The summed E-state index contributed by atoms with van der Waals surface area (Å²) in [6.45, 7) is 8.32. The minimum absolute atomic E-state index is 0.218. The topological polar surface area (TPSA) is 121 Å². The van der Waals surface area contributed by atoms with E-state index in [1.807, 2.05) is 27.7 Å². The fraction of sp³-hybridized carbons (Fsp3) is 0.464. The Balaban J connectivity index is 1.91. The van der Waals surface area contributed by atoms with Crippen molar-refractivity contribution in [3.8, 4) is 22.9 Å². The molecular formula is C28H37FN6O5. The number of amides is 2. The molecule has 1 aromatic heterocycles. The van der Waals surface area contributed by atoms with Crippen molar-refractivity contribution in [2.45, 2.75) is 52.2 Å². The molecule has 1 heterocycles. The van der Waals surface area contributed by atoms with Crippen molar-refractivity contribution in [1.29, 1.82) is 0 Å². The van der Waals surface area contributed by atoms with E-state index in [0.29, 0.717) is 42.3 Å². The van der Waals surface area contributed by atoms with E-state index in [0.717, 1.165) is 0 Å². The average Bonchev–Trinajstić information content (AvgIpc) is 3.38. The van der Waals surface area contributed by atoms with Crippen LogP contribution >= 0.6 is 0 Å². The van der Waals surface area contributed by atoms with Crippen LogP contribution in [0.3, 0.4) is 0 Å². The van der Waals surface area contributed by atoms with Crippen molar-refractivity contribution in [3.05, 3.63) is 53.8 Å². The van der Waals surface area contributed by atoms with E-state index >= 15 is 0 Å². The molecule has 0 saturated carbocycles. The van der Waals surface area contributed by atoms with Crippen LogP contribution in [0.2, 0.25) is 0 Å². The van der Waals surface area contributed by atoms with Crippen LogP contribution in [0.1, 0.15) is 45.7 Å². The van der Waals surface area contributed by atoms with Crippen LogP contribution in [0, 0.1) is 5.82 Å². The van der Waals surface area contributed by atoms with E-state index in [2.05, 4.69) is 20.7 Å². The number of nitrogens with one attached hydrogen (secondary N) is 1. The number of halogens is 1. The van der Waals surface area contributed by atoms with Crippen molar-refractivity contribution < 1.29 is 28.2 Å². The molecule has 3 aromatic rings. The van der Waals surface area contributed by atoms with Crippen LogP contribution in [-0.2, 0) is 20.9 Å². The molecule has 1 unspecified atom stereocenters. The largest absolute Gasteiger partial charge is 0.493 e. The maximum absolute atomic E-state index is 13.8. The van der Waals surface area contributed by atoms with Crippen LogP contribution in [-0.4, -0.2) is 76.4 Å². The molecule has 0 bridgehead atoms. The van der Waals surface area contributed by atoms with Crippen LogP contribution < -0.4 is 14.8 Å². The standard InChI is InChI=1S/C28H37FN6O5/c1-7-40-16-8-15-34(25(27(37)30-28(2,3)4)19-9-12-21(29)13-10-19)24(36)18-35-32-26(31-33-35)20-11-14-22(38-5)23(17-20)39-6/h9-14,17,25H,7-8,15-16,18H2,1-6H3,(H,30,37). The smallest absolute Gasteiger partial charge is 0.247 e. The molecule has 0 saturated heterocycles. The molecule has 12 heteroatoms. The monoisotopic (exact) mass is 556 g/mol. The molecule has 40 heavy (non-hydrogen) atoms. The highest BCUT2D eigenvalue weighted by molar-refractivity contribution is 5.89. The normalized spacial score (nSPS) is 12.1. The van der Waals surface area contributed by atoms with Gasteiger partial charge in [-0.3, -0.25) is 9.59 Å². The minimum Gasteiger partial charge on any atom is -0.493 e. The van der Waals surface area contributed by atoms with E-state index in [1.54, 1.807) is 25.3 Å². The lowest BCUT2D eigenvalue weighted by molar-refractivity contribution is -0.142. The van der Waals surface area contributed by atoms with Gasteiger partial charge in [-0.25, -0.2) is 4.39 Å². The highest BCUT2D eigenvalue weighted by atomic mass is 19.1. The quantitative estimate of drug-likeness (QED) is 0.318. The second kappa shape index (κ2) is 13.8. The third-order valence-electron chi connectivity index (χ3n) is 5.83. The Labute approximate surface area is 233 Å². The highest BCUT2D eigenvalue weighted by Gasteiger charge is 2.33. The lowest BCUT2D eigenvalue weighted by atomic mass is 10.0. The van der Waals surface area contributed by atoms with Gasteiger partial charge < -0.3 is 24.4 Å². The van der Waals surface area contributed by atoms with Crippen LogP contribution in [0.5, 0.6) is 11.5 Å². The van der Waals surface area contributed by atoms with E-state index < -0.39 is 23.3 Å². The summed E-state index contributed by atoms with van der Waals surface area (Å²) in [4.78, 5) is 29.9. The van der Waals surface area contributed by atoms with Gasteiger partial charge in [0, 0.05) is 30.9 Å². The Kier molecular flexibility index (Phi) is 10.5. The van der Waals surface area contributed by atoms with Gasteiger partial charge in [0.25, 0.3) is 0 Å². The Morgan fingerprint density at radius 3 is 2.40 bits per heavy atom. The fourth-order valence-corrected chi connectivity index (χ4v) is 4.05. The maximum atomic E-state index is 13.8. The van der Waals surface area contributed by atoms with Gasteiger partial charge in [0.1, 0.15) is 18.4 Å². The van der Waals surface area contributed by atoms with Gasteiger partial charge >= 0.3 is 0 Å². The number of tetrazole rings is 1. The molecule has 0 aliphatic carbocycles. The Bertz CT molecular complexity index is 1270. The summed E-state index contributed by atoms with van der Waals surface area (Å²) in [5.74, 6) is 0.101. The zero-order chi connectivity index (χ0) is 29.3. The number of nitrogens with zero attached hydrogens (tertiary/aromatic N) is 5. The summed E-state index contributed by atoms with van der Waals surface area (Å²) in [6, 6.07) is 9.73. The zero-order valence-electron chi connectivity index (χ0n) is 23.8. The fourth-order valence-electron chi connectivity index (χ4n) is 4.05. The van der Waals surface area contributed by atoms with E-state index in [4.69, 9.17) is 14.2 Å². The predicted octanol–water partition coefficient (Wildman–Crippen LogP) is 3.41. The van der Waals surface area contributed by atoms with Gasteiger partial charge in [-0.15, -0.1) is 10.2 Å². The Morgan fingerprint density at radius 1 is 1.07 bits per heavy atom. The number of methoxy groups -OCH3 is 2. The molecule has 2 amide bonds. The van der Waals surface area contributed by atoms with Gasteiger partial charge in [0.15, 0.2) is 11.5 Å². The van der Waals surface area contributed by atoms with E-state index in [1.165, 1.54) is 41.1 Å². The molecule has 3 rings (SSSR count). The number of rotatable bonds is 13. The number of benzene rings is 2.